The maximum Gasteiger partial charge on any atom is 0.270 e. The van der Waals surface area contributed by atoms with Crippen LogP contribution in [0.15, 0.2) is 41.3 Å². The van der Waals surface area contributed by atoms with Crippen molar-refractivity contribution < 1.29 is 13.3 Å². The first kappa shape index (κ1) is 22.0. The van der Waals surface area contributed by atoms with Crippen LogP contribution >= 0.6 is 0 Å². The molecule has 2 aromatic carbocycles. The molecule has 0 bridgehead atoms. The lowest BCUT2D eigenvalue weighted by molar-refractivity contribution is -0.385. The molecule has 0 aliphatic carbocycles. The summed E-state index contributed by atoms with van der Waals surface area (Å²) in [6.07, 6.45) is 1.07. The molecular formula is C21H28N4O4S. The van der Waals surface area contributed by atoms with Gasteiger partial charge >= 0.3 is 0 Å². The van der Waals surface area contributed by atoms with E-state index in [0.717, 1.165) is 43.2 Å². The van der Waals surface area contributed by atoms with Gasteiger partial charge in [0.05, 0.1) is 16.3 Å². The van der Waals surface area contributed by atoms with E-state index >= 15 is 0 Å². The highest BCUT2D eigenvalue weighted by molar-refractivity contribution is 7.92. The molecule has 8 nitrogen and oxygen atoms in total. The first-order valence-corrected chi connectivity index (χ1v) is 11.6. The number of benzene rings is 2. The van der Waals surface area contributed by atoms with Gasteiger partial charge in [-0.3, -0.25) is 19.7 Å². The van der Waals surface area contributed by atoms with Crippen LogP contribution in [0.25, 0.3) is 0 Å². The summed E-state index contributed by atoms with van der Waals surface area (Å²) in [6.45, 7) is 9.89. The highest BCUT2D eigenvalue weighted by Gasteiger charge is 2.27. The van der Waals surface area contributed by atoms with E-state index in [9.17, 15) is 18.5 Å². The molecule has 0 spiro atoms. The van der Waals surface area contributed by atoms with Gasteiger partial charge in [-0.15, -0.1) is 0 Å². The number of nitrogens with zero attached hydrogens (tertiary/aromatic N) is 3. The molecule has 1 saturated heterocycles. The van der Waals surface area contributed by atoms with Crippen molar-refractivity contribution in [3.8, 4) is 0 Å². The minimum absolute atomic E-state index is 0.0689. The minimum atomic E-state index is -4.02. The van der Waals surface area contributed by atoms with E-state index < -0.39 is 14.9 Å². The summed E-state index contributed by atoms with van der Waals surface area (Å²) in [7, 11) is -4.02. The monoisotopic (exact) mass is 432 g/mol. The Morgan fingerprint density at radius 3 is 2.37 bits per heavy atom. The number of rotatable bonds is 7. The number of nitro groups is 1. The number of anilines is 2. The number of nitrogens with one attached hydrogen (secondary N) is 1. The number of sulfonamides is 1. The van der Waals surface area contributed by atoms with Crippen molar-refractivity contribution in [3.63, 3.8) is 0 Å². The molecule has 0 unspecified atom stereocenters. The molecule has 2 aromatic rings. The average Bonchev–Trinajstić information content (AvgIpc) is 2.70. The number of nitro benzene ring substituents is 1. The van der Waals surface area contributed by atoms with E-state index in [4.69, 9.17) is 0 Å². The summed E-state index contributed by atoms with van der Waals surface area (Å²) in [5, 5.41) is 11.3. The van der Waals surface area contributed by atoms with Gasteiger partial charge in [0.2, 0.25) is 0 Å². The van der Waals surface area contributed by atoms with Crippen molar-refractivity contribution in [2.45, 2.75) is 32.1 Å². The van der Waals surface area contributed by atoms with Crippen LogP contribution in [0.5, 0.6) is 0 Å². The highest BCUT2D eigenvalue weighted by atomic mass is 32.2. The quantitative estimate of drug-likeness (QED) is 0.531. The molecule has 1 heterocycles. The van der Waals surface area contributed by atoms with Gasteiger partial charge in [-0.25, -0.2) is 8.42 Å². The number of piperazine rings is 1. The Morgan fingerprint density at radius 2 is 1.77 bits per heavy atom. The molecule has 0 radical (unpaired) electrons. The summed E-state index contributed by atoms with van der Waals surface area (Å²) in [5.41, 5.74) is 2.53. The molecule has 1 aliphatic rings. The Balaban J connectivity index is 1.97. The maximum absolute atomic E-state index is 13.3. The predicted octanol–water partition coefficient (Wildman–Crippen LogP) is 3.54. The summed E-state index contributed by atoms with van der Waals surface area (Å²) in [6, 6.07) is 9.49. The van der Waals surface area contributed by atoms with Gasteiger partial charge in [-0.2, -0.15) is 0 Å². The van der Waals surface area contributed by atoms with Crippen LogP contribution in [0.2, 0.25) is 0 Å². The number of hydrogen-bond acceptors (Lipinski definition) is 6. The maximum atomic E-state index is 13.3. The van der Waals surface area contributed by atoms with E-state index in [1.807, 2.05) is 30.9 Å². The fraction of sp³-hybridized carbons (Fsp3) is 0.429. The second kappa shape index (κ2) is 9.01. The Hall–Kier alpha value is -2.65. The lowest BCUT2D eigenvalue weighted by Crippen LogP contribution is -2.47. The zero-order valence-corrected chi connectivity index (χ0v) is 18.4. The third-order valence-electron chi connectivity index (χ3n) is 5.32. The Morgan fingerprint density at radius 1 is 1.07 bits per heavy atom. The lowest BCUT2D eigenvalue weighted by atomic mass is 10.1. The van der Waals surface area contributed by atoms with Gasteiger partial charge in [-0.05, 0) is 44.5 Å². The molecule has 30 heavy (non-hydrogen) atoms. The SMILES string of the molecule is CCCN1CCN(c2ccc([N+](=O)[O-])cc2S(=O)(=O)Nc2ccc(C)cc2C)CC1. The van der Waals surface area contributed by atoms with E-state index in [2.05, 4.69) is 16.5 Å². The zero-order valence-electron chi connectivity index (χ0n) is 17.6. The van der Waals surface area contributed by atoms with Crippen molar-refractivity contribution in [2.75, 3.05) is 42.3 Å². The molecule has 0 aromatic heterocycles. The molecule has 162 valence electrons. The number of non-ortho nitro benzene ring substituents is 1. The van der Waals surface area contributed by atoms with Crippen molar-refractivity contribution >= 4 is 27.1 Å². The third kappa shape index (κ3) is 4.91. The molecule has 0 amide bonds. The molecule has 9 heteroatoms. The minimum Gasteiger partial charge on any atom is -0.368 e. The summed E-state index contributed by atoms with van der Waals surface area (Å²) in [4.78, 5) is 15.0. The zero-order chi connectivity index (χ0) is 21.9. The van der Waals surface area contributed by atoms with Crippen LogP contribution < -0.4 is 9.62 Å². The fourth-order valence-corrected chi connectivity index (χ4v) is 5.13. The summed E-state index contributed by atoms with van der Waals surface area (Å²) in [5.74, 6) is 0. The molecule has 1 fully saturated rings. The molecule has 1 N–H and O–H groups in total. The van der Waals surface area contributed by atoms with Crippen molar-refractivity contribution in [1.82, 2.24) is 4.90 Å². The fourth-order valence-electron chi connectivity index (χ4n) is 3.75. The van der Waals surface area contributed by atoms with Gasteiger partial charge < -0.3 is 4.90 Å². The topological polar surface area (TPSA) is 95.8 Å². The van der Waals surface area contributed by atoms with Crippen molar-refractivity contribution in [3.05, 3.63) is 57.6 Å². The van der Waals surface area contributed by atoms with Crippen LogP contribution in [-0.2, 0) is 10.0 Å². The van der Waals surface area contributed by atoms with E-state index in [1.165, 1.54) is 6.07 Å². The average molecular weight is 433 g/mol. The van der Waals surface area contributed by atoms with Gasteiger partial charge in [0, 0.05) is 38.3 Å². The van der Waals surface area contributed by atoms with Crippen LogP contribution in [0.3, 0.4) is 0 Å². The van der Waals surface area contributed by atoms with E-state index in [0.29, 0.717) is 24.5 Å². The summed E-state index contributed by atoms with van der Waals surface area (Å²) >= 11 is 0. The Kier molecular flexibility index (Phi) is 6.62. The normalized spacial score (nSPS) is 15.2. The Bertz CT molecular complexity index is 1030. The van der Waals surface area contributed by atoms with Crippen LogP contribution in [0, 0.1) is 24.0 Å². The van der Waals surface area contributed by atoms with Crippen LogP contribution in [0.1, 0.15) is 24.5 Å². The van der Waals surface area contributed by atoms with Crippen molar-refractivity contribution in [1.29, 1.82) is 0 Å². The Labute approximate surface area is 177 Å². The van der Waals surface area contributed by atoms with Gasteiger partial charge in [0.25, 0.3) is 15.7 Å². The summed E-state index contributed by atoms with van der Waals surface area (Å²) < 4.78 is 29.2. The van der Waals surface area contributed by atoms with Crippen LogP contribution in [-0.4, -0.2) is 51.0 Å². The molecule has 1 aliphatic heterocycles. The molecule has 3 rings (SSSR count). The molecule has 0 atom stereocenters. The first-order valence-electron chi connectivity index (χ1n) is 10.1. The highest BCUT2D eigenvalue weighted by Crippen LogP contribution is 2.32. The first-order chi connectivity index (χ1) is 14.2. The standard InChI is InChI=1S/C21H28N4O4S/c1-4-9-23-10-12-24(13-11-23)20-8-6-18(25(26)27)15-21(20)30(28,29)22-19-7-5-16(2)14-17(19)3/h5-8,14-15,22H,4,9-13H2,1-3H3. The van der Waals surface area contributed by atoms with E-state index in [1.54, 1.807) is 12.1 Å². The van der Waals surface area contributed by atoms with Crippen LogP contribution in [0.4, 0.5) is 17.1 Å². The second-order valence-corrected chi connectivity index (χ2v) is 9.31. The lowest BCUT2D eigenvalue weighted by Gasteiger charge is -2.36. The second-order valence-electron chi connectivity index (χ2n) is 7.66. The number of hydrogen-bond donors (Lipinski definition) is 1. The number of aryl methyl sites for hydroxylation is 2. The van der Waals surface area contributed by atoms with Gasteiger partial charge in [0.15, 0.2) is 0 Å². The molecular weight excluding hydrogens is 404 g/mol. The predicted molar refractivity (Wildman–Crippen MR) is 119 cm³/mol. The third-order valence-corrected chi connectivity index (χ3v) is 6.72. The van der Waals surface area contributed by atoms with E-state index in [-0.39, 0.29) is 10.6 Å². The van der Waals surface area contributed by atoms with Gasteiger partial charge in [0.1, 0.15) is 4.90 Å². The smallest absolute Gasteiger partial charge is 0.270 e. The molecule has 0 saturated carbocycles. The van der Waals surface area contributed by atoms with Gasteiger partial charge in [-0.1, -0.05) is 24.6 Å². The largest absolute Gasteiger partial charge is 0.368 e. The van der Waals surface area contributed by atoms with Crippen molar-refractivity contribution in [2.24, 2.45) is 0 Å².